The van der Waals surface area contributed by atoms with Crippen LogP contribution in [0.1, 0.15) is 19.6 Å². The summed E-state index contributed by atoms with van der Waals surface area (Å²) in [5.74, 6) is -0.0855. The predicted molar refractivity (Wildman–Crippen MR) is 102 cm³/mol. The smallest absolute Gasteiger partial charge is 0.239 e. The molecule has 0 unspecified atom stereocenters. The van der Waals surface area contributed by atoms with Gasteiger partial charge in [-0.15, -0.1) is 0 Å². The van der Waals surface area contributed by atoms with Crippen molar-refractivity contribution in [3.05, 3.63) is 48.4 Å². The summed E-state index contributed by atoms with van der Waals surface area (Å²) in [5, 5.41) is 5.67. The van der Waals surface area contributed by atoms with Gasteiger partial charge in [-0.25, -0.2) is 0 Å². The van der Waals surface area contributed by atoms with E-state index in [9.17, 15) is 9.59 Å². The molecule has 2 N–H and O–H groups in total. The zero-order valence-corrected chi connectivity index (χ0v) is 15.7. The van der Waals surface area contributed by atoms with Crippen LogP contribution in [0.25, 0.3) is 0 Å². The van der Waals surface area contributed by atoms with Gasteiger partial charge in [0.15, 0.2) is 0 Å². The lowest BCUT2D eigenvalue weighted by Gasteiger charge is -2.31. The van der Waals surface area contributed by atoms with Gasteiger partial charge in [-0.2, -0.15) is 0 Å². The van der Waals surface area contributed by atoms with E-state index in [1.807, 2.05) is 24.3 Å². The number of anilines is 2. The van der Waals surface area contributed by atoms with Crippen molar-refractivity contribution in [1.82, 2.24) is 5.32 Å². The number of nitrogens with zero attached hydrogens (tertiary/aromatic N) is 1. The van der Waals surface area contributed by atoms with E-state index in [2.05, 4.69) is 15.5 Å². The number of hydrogen-bond donors (Lipinski definition) is 2. The van der Waals surface area contributed by atoms with Gasteiger partial charge in [0.2, 0.25) is 11.8 Å². The summed E-state index contributed by atoms with van der Waals surface area (Å²) in [4.78, 5) is 27.5. The number of carbonyl (C=O) groups excluding carboxylic acids is 2. The third-order valence-electron chi connectivity index (χ3n) is 4.64. The van der Waals surface area contributed by atoms with Crippen molar-refractivity contribution in [2.45, 2.75) is 20.4 Å². The molecule has 0 bridgehead atoms. The predicted octanol–water partition coefficient (Wildman–Crippen LogP) is 2.40. The molecule has 2 amide bonds. The average Bonchev–Trinajstić information content (AvgIpc) is 3.20. The lowest BCUT2D eigenvalue weighted by Crippen LogP contribution is -2.45. The second kappa shape index (κ2) is 8.26. The van der Waals surface area contributed by atoms with Crippen molar-refractivity contribution in [2.24, 2.45) is 5.41 Å². The molecule has 0 atom stereocenters. The first-order valence-electron chi connectivity index (χ1n) is 9.02. The zero-order chi connectivity index (χ0) is 19.3. The molecule has 3 rings (SSSR count). The molecule has 0 aliphatic carbocycles. The molecule has 1 fully saturated rings. The van der Waals surface area contributed by atoms with Crippen LogP contribution >= 0.6 is 0 Å². The Bertz CT molecular complexity index is 780. The molecule has 27 heavy (non-hydrogen) atoms. The molecule has 2 heterocycles. The van der Waals surface area contributed by atoms with E-state index in [1.165, 1.54) is 0 Å². The van der Waals surface area contributed by atoms with Crippen molar-refractivity contribution < 1.29 is 18.7 Å². The lowest BCUT2D eigenvalue weighted by molar-refractivity contribution is -0.138. The summed E-state index contributed by atoms with van der Waals surface area (Å²) < 4.78 is 10.6. The second-order valence-electron chi connectivity index (χ2n) is 6.96. The summed E-state index contributed by atoms with van der Waals surface area (Å²) in [5.41, 5.74) is 0.391. The van der Waals surface area contributed by atoms with Crippen LogP contribution in [0.2, 0.25) is 0 Å². The van der Waals surface area contributed by atoms with E-state index in [-0.39, 0.29) is 18.4 Å². The van der Waals surface area contributed by atoms with Crippen LogP contribution in [0.4, 0.5) is 11.4 Å². The summed E-state index contributed by atoms with van der Waals surface area (Å²) in [6.45, 7) is 6.30. The minimum Gasteiger partial charge on any atom is -0.467 e. The highest BCUT2D eigenvalue weighted by atomic mass is 16.5. The number of amides is 2. The monoisotopic (exact) mass is 371 g/mol. The summed E-state index contributed by atoms with van der Waals surface area (Å²) in [6.07, 6.45) is 1.54. The van der Waals surface area contributed by atoms with Crippen LogP contribution < -0.4 is 15.5 Å². The number of ether oxygens (including phenoxy) is 1. The second-order valence-corrected chi connectivity index (χ2v) is 6.96. The molecule has 7 nitrogen and oxygen atoms in total. The van der Waals surface area contributed by atoms with Crippen LogP contribution in [0.15, 0.2) is 47.1 Å². The molecule has 0 radical (unpaired) electrons. The Balaban J connectivity index is 1.67. The molecular formula is C20H25N3O4. The number of benzene rings is 1. The normalized spacial score (nSPS) is 14.7. The van der Waals surface area contributed by atoms with Gasteiger partial charge < -0.3 is 24.7 Å². The summed E-state index contributed by atoms with van der Waals surface area (Å²) in [7, 11) is 0. The highest BCUT2D eigenvalue weighted by molar-refractivity contribution is 6.10. The van der Waals surface area contributed by atoms with E-state index in [0.29, 0.717) is 24.7 Å². The first-order valence-corrected chi connectivity index (χ1v) is 9.02. The number of morpholine rings is 1. The Kier molecular flexibility index (Phi) is 5.81. The quantitative estimate of drug-likeness (QED) is 0.762. The Morgan fingerprint density at radius 2 is 1.81 bits per heavy atom. The molecule has 0 spiro atoms. The first kappa shape index (κ1) is 19.0. The Labute approximate surface area is 158 Å². The molecule has 0 saturated carbocycles. The fourth-order valence-electron chi connectivity index (χ4n) is 2.84. The number of hydrogen-bond acceptors (Lipinski definition) is 5. The number of para-hydroxylation sites is 2. The highest BCUT2D eigenvalue weighted by Crippen LogP contribution is 2.28. The van der Waals surface area contributed by atoms with Crippen molar-refractivity contribution in [1.29, 1.82) is 0 Å². The van der Waals surface area contributed by atoms with Crippen LogP contribution in [-0.4, -0.2) is 38.1 Å². The number of rotatable bonds is 6. The van der Waals surface area contributed by atoms with E-state index in [0.717, 1.165) is 18.8 Å². The van der Waals surface area contributed by atoms with Gasteiger partial charge in [0.05, 0.1) is 37.4 Å². The number of furan rings is 1. The van der Waals surface area contributed by atoms with E-state index >= 15 is 0 Å². The Morgan fingerprint density at radius 3 is 2.52 bits per heavy atom. The zero-order valence-electron chi connectivity index (χ0n) is 15.7. The topological polar surface area (TPSA) is 83.8 Å². The molecule has 1 aromatic carbocycles. The van der Waals surface area contributed by atoms with Gasteiger partial charge in [-0.05, 0) is 38.1 Å². The maximum absolute atomic E-state index is 12.8. The standard InChI is InChI=1S/C20H25N3O4/c1-20(2,18(24)21-14-15-6-5-11-27-15)19(25)22-16-7-3-4-8-17(16)23-9-12-26-13-10-23/h3-8,11H,9-10,12-14H2,1-2H3,(H,21,24)(H,22,25). The average molecular weight is 371 g/mol. The minimum absolute atomic E-state index is 0.243. The van der Waals surface area contributed by atoms with E-state index in [4.69, 9.17) is 9.15 Å². The molecule has 7 heteroatoms. The minimum atomic E-state index is -1.23. The fraction of sp³-hybridized carbons (Fsp3) is 0.400. The van der Waals surface area contributed by atoms with Crippen LogP contribution in [-0.2, 0) is 20.9 Å². The Hall–Kier alpha value is -2.80. The van der Waals surface area contributed by atoms with Crippen LogP contribution in [0, 0.1) is 5.41 Å². The molecule has 144 valence electrons. The van der Waals surface area contributed by atoms with Gasteiger partial charge in [-0.3, -0.25) is 9.59 Å². The molecule has 1 saturated heterocycles. The van der Waals surface area contributed by atoms with Gasteiger partial charge in [0.25, 0.3) is 0 Å². The number of carbonyl (C=O) groups is 2. The maximum atomic E-state index is 12.8. The summed E-state index contributed by atoms with van der Waals surface area (Å²) in [6, 6.07) is 11.1. The third-order valence-corrected chi connectivity index (χ3v) is 4.64. The molecule has 1 aromatic heterocycles. The van der Waals surface area contributed by atoms with Gasteiger partial charge in [-0.1, -0.05) is 12.1 Å². The molecule has 2 aromatic rings. The lowest BCUT2D eigenvalue weighted by atomic mass is 9.91. The molecular weight excluding hydrogens is 346 g/mol. The Morgan fingerprint density at radius 1 is 1.07 bits per heavy atom. The van der Waals surface area contributed by atoms with Crippen molar-refractivity contribution in [2.75, 3.05) is 36.5 Å². The fourth-order valence-corrected chi connectivity index (χ4v) is 2.84. The largest absolute Gasteiger partial charge is 0.467 e. The van der Waals surface area contributed by atoms with Gasteiger partial charge in [0.1, 0.15) is 11.2 Å². The van der Waals surface area contributed by atoms with Crippen LogP contribution in [0.5, 0.6) is 0 Å². The van der Waals surface area contributed by atoms with Crippen molar-refractivity contribution >= 4 is 23.2 Å². The van der Waals surface area contributed by atoms with Crippen molar-refractivity contribution in [3.8, 4) is 0 Å². The SMILES string of the molecule is CC(C)(C(=O)NCc1ccco1)C(=O)Nc1ccccc1N1CCOCC1. The van der Waals surface area contributed by atoms with Crippen molar-refractivity contribution in [3.63, 3.8) is 0 Å². The van der Waals surface area contributed by atoms with Gasteiger partial charge in [0, 0.05) is 13.1 Å². The molecule has 1 aliphatic rings. The summed E-state index contributed by atoms with van der Waals surface area (Å²) >= 11 is 0. The number of nitrogens with one attached hydrogen (secondary N) is 2. The highest BCUT2D eigenvalue weighted by Gasteiger charge is 2.36. The molecule has 1 aliphatic heterocycles. The third kappa shape index (κ3) is 4.49. The first-order chi connectivity index (χ1) is 13.0. The van der Waals surface area contributed by atoms with Crippen LogP contribution in [0.3, 0.4) is 0 Å². The van der Waals surface area contributed by atoms with E-state index in [1.54, 1.807) is 32.2 Å². The van der Waals surface area contributed by atoms with E-state index < -0.39 is 5.41 Å². The van der Waals surface area contributed by atoms with Gasteiger partial charge >= 0.3 is 0 Å². The maximum Gasteiger partial charge on any atom is 0.239 e.